The van der Waals surface area contributed by atoms with Crippen LogP contribution in [0.5, 0.6) is 0 Å². The van der Waals surface area contributed by atoms with Gasteiger partial charge in [-0.1, -0.05) is 38.2 Å². The standard InChI is InChI=1S/C28H43NO4/c1-17(13-21-16-28(4,33)26(32)29(21)5)23-10-11-24-19(7-6-12-27(23,24)3)8-9-20-14-22(30)15-25(31)18(20)2/h8-9,17,21-25,30-31,33H,2,6-7,10-16H2,1,3-5H3/b19-8-,20-9+/t17-,21-,22-,23-,24+,25+,27-,28+/m1/s1. The number of hydrogen-bond acceptors (Lipinski definition) is 4. The number of allylic oxidation sites excluding steroid dienone is 3. The van der Waals surface area contributed by atoms with Crippen molar-refractivity contribution in [3.05, 3.63) is 35.5 Å². The van der Waals surface area contributed by atoms with E-state index in [1.54, 1.807) is 11.8 Å². The first kappa shape index (κ1) is 24.7. The molecule has 0 unspecified atom stereocenters. The molecule has 0 bridgehead atoms. The third-order valence-corrected chi connectivity index (χ3v) is 9.59. The zero-order valence-electron chi connectivity index (χ0n) is 20.9. The van der Waals surface area contributed by atoms with Crippen molar-refractivity contribution in [3.8, 4) is 0 Å². The van der Waals surface area contributed by atoms with Crippen molar-refractivity contribution in [2.24, 2.45) is 23.2 Å². The second-order valence-electron chi connectivity index (χ2n) is 11.9. The molecule has 5 nitrogen and oxygen atoms in total. The Morgan fingerprint density at radius 1 is 1.24 bits per heavy atom. The van der Waals surface area contributed by atoms with Gasteiger partial charge in [-0.05, 0) is 86.2 Å². The molecule has 0 aromatic carbocycles. The van der Waals surface area contributed by atoms with Crippen LogP contribution in [-0.4, -0.2) is 57.0 Å². The van der Waals surface area contributed by atoms with Crippen molar-refractivity contribution in [2.75, 3.05) is 7.05 Å². The minimum atomic E-state index is -1.22. The smallest absolute Gasteiger partial charge is 0.254 e. The molecule has 8 atom stereocenters. The summed E-state index contributed by atoms with van der Waals surface area (Å²) in [5, 5.41) is 30.7. The highest BCUT2D eigenvalue weighted by Gasteiger charge is 2.52. The van der Waals surface area contributed by atoms with Gasteiger partial charge in [-0.25, -0.2) is 0 Å². The summed E-state index contributed by atoms with van der Waals surface area (Å²) in [6.45, 7) is 10.5. The number of carbonyl (C=O) groups is 1. The van der Waals surface area contributed by atoms with Crippen molar-refractivity contribution in [1.29, 1.82) is 0 Å². The van der Waals surface area contributed by atoms with Crippen LogP contribution in [-0.2, 0) is 4.79 Å². The molecule has 4 rings (SSSR count). The fraction of sp³-hybridized carbons (Fsp3) is 0.750. The summed E-state index contributed by atoms with van der Waals surface area (Å²) >= 11 is 0. The molecule has 0 radical (unpaired) electrons. The van der Waals surface area contributed by atoms with Crippen LogP contribution in [0.4, 0.5) is 0 Å². The third-order valence-electron chi connectivity index (χ3n) is 9.59. The molecule has 0 aromatic rings. The fourth-order valence-electron chi connectivity index (χ4n) is 7.74. The Hall–Kier alpha value is -1.43. The molecule has 3 saturated carbocycles. The van der Waals surface area contributed by atoms with Gasteiger partial charge in [-0.15, -0.1) is 0 Å². The summed E-state index contributed by atoms with van der Waals surface area (Å²) in [5.74, 6) is 1.52. The molecule has 1 saturated heterocycles. The maximum absolute atomic E-state index is 12.4. The first-order valence-electron chi connectivity index (χ1n) is 12.9. The van der Waals surface area contributed by atoms with Crippen molar-refractivity contribution >= 4 is 5.91 Å². The summed E-state index contributed by atoms with van der Waals surface area (Å²) in [7, 11) is 1.84. The highest BCUT2D eigenvalue weighted by molar-refractivity contribution is 5.86. The molecule has 0 spiro atoms. The molecule has 4 fully saturated rings. The summed E-state index contributed by atoms with van der Waals surface area (Å²) in [4.78, 5) is 14.1. The molecular formula is C28H43NO4. The molecule has 3 N–H and O–H groups in total. The predicted molar refractivity (Wildman–Crippen MR) is 130 cm³/mol. The van der Waals surface area contributed by atoms with E-state index in [0.29, 0.717) is 37.0 Å². The van der Waals surface area contributed by atoms with Gasteiger partial charge in [0.15, 0.2) is 0 Å². The van der Waals surface area contributed by atoms with Gasteiger partial charge in [0.25, 0.3) is 5.91 Å². The maximum Gasteiger partial charge on any atom is 0.254 e. The van der Waals surface area contributed by atoms with Crippen LogP contribution in [0.2, 0.25) is 0 Å². The maximum atomic E-state index is 12.4. The highest BCUT2D eigenvalue weighted by atomic mass is 16.3. The third kappa shape index (κ3) is 4.49. The van der Waals surface area contributed by atoms with Crippen molar-refractivity contribution in [1.82, 2.24) is 4.90 Å². The van der Waals surface area contributed by atoms with Crippen LogP contribution in [0.1, 0.15) is 78.6 Å². The second-order valence-corrected chi connectivity index (χ2v) is 11.9. The van der Waals surface area contributed by atoms with Gasteiger partial charge in [0.1, 0.15) is 5.60 Å². The SMILES string of the molecule is C=C1/C(=C/C=C2/CCC[C@]3(C)[C@@H]([C@H](C)C[C@@H]4C[C@](C)(O)C(=O)N4C)CC[C@@H]23)C[C@@H](O)C[C@@H]1O. The van der Waals surface area contributed by atoms with Crippen LogP contribution in [0.25, 0.3) is 0 Å². The van der Waals surface area contributed by atoms with Gasteiger partial charge in [-0.3, -0.25) is 4.79 Å². The summed E-state index contributed by atoms with van der Waals surface area (Å²) in [6.07, 6.45) is 11.6. The van der Waals surface area contributed by atoms with Crippen LogP contribution in [0.3, 0.4) is 0 Å². The Labute approximate surface area is 199 Å². The second kappa shape index (κ2) is 8.98. The molecule has 184 valence electrons. The van der Waals surface area contributed by atoms with Crippen molar-refractivity contribution in [2.45, 2.75) is 102 Å². The normalized spacial score (nSPS) is 45.2. The van der Waals surface area contributed by atoms with Crippen molar-refractivity contribution in [3.63, 3.8) is 0 Å². The van der Waals surface area contributed by atoms with E-state index in [0.717, 1.165) is 24.0 Å². The van der Waals surface area contributed by atoms with Gasteiger partial charge in [0, 0.05) is 25.9 Å². The lowest BCUT2D eigenvalue weighted by atomic mass is 9.60. The van der Waals surface area contributed by atoms with Gasteiger partial charge in [-0.2, -0.15) is 0 Å². The average Bonchev–Trinajstić information content (AvgIpc) is 3.19. The number of carbonyl (C=O) groups excluding carboxylic acids is 1. The number of nitrogens with zero attached hydrogens (tertiary/aromatic N) is 1. The predicted octanol–water partition coefficient (Wildman–Crippen LogP) is 4.14. The van der Waals surface area contributed by atoms with E-state index in [1.165, 1.54) is 31.3 Å². The van der Waals surface area contributed by atoms with Crippen LogP contribution in [0, 0.1) is 23.2 Å². The minimum absolute atomic E-state index is 0.114. The van der Waals surface area contributed by atoms with Gasteiger partial charge >= 0.3 is 0 Å². The number of rotatable bonds is 4. The Morgan fingerprint density at radius 2 is 1.97 bits per heavy atom. The van der Waals surface area contributed by atoms with Gasteiger partial charge in [0.05, 0.1) is 12.2 Å². The minimum Gasteiger partial charge on any atom is -0.393 e. The molecule has 1 heterocycles. The Morgan fingerprint density at radius 3 is 2.64 bits per heavy atom. The van der Waals surface area contributed by atoms with Crippen LogP contribution in [0.15, 0.2) is 35.5 Å². The summed E-state index contributed by atoms with van der Waals surface area (Å²) in [6, 6.07) is 0.114. The molecule has 0 aromatic heterocycles. The summed E-state index contributed by atoms with van der Waals surface area (Å²) in [5.41, 5.74) is 2.27. The lowest BCUT2D eigenvalue weighted by Crippen LogP contribution is -2.39. The number of likely N-dealkylation sites (tertiary alicyclic amines) is 1. The Bertz CT molecular complexity index is 858. The van der Waals surface area contributed by atoms with E-state index in [9.17, 15) is 20.1 Å². The molecular weight excluding hydrogens is 414 g/mol. The molecule has 33 heavy (non-hydrogen) atoms. The lowest BCUT2D eigenvalue weighted by Gasteiger charge is -2.45. The van der Waals surface area contributed by atoms with E-state index < -0.39 is 17.8 Å². The van der Waals surface area contributed by atoms with Gasteiger partial charge < -0.3 is 20.2 Å². The first-order chi connectivity index (χ1) is 15.4. The number of fused-ring (bicyclic) bond motifs is 1. The summed E-state index contributed by atoms with van der Waals surface area (Å²) < 4.78 is 0. The Kier molecular flexibility index (Phi) is 6.71. The van der Waals surface area contributed by atoms with Crippen molar-refractivity contribution < 1.29 is 20.1 Å². The highest BCUT2D eigenvalue weighted by Crippen LogP contribution is 2.60. The lowest BCUT2D eigenvalue weighted by molar-refractivity contribution is -0.141. The fourth-order valence-corrected chi connectivity index (χ4v) is 7.74. The Balaban J connectivity index is 1.48. The largest absolute Gasteiger partial charge is 0.393 e. The molecule has 1 amide bonds. The van der Waals surface area contributed by atoms with Crippen LogP contribution < -0.4 is 0 Å². The van der Waals surface area contributed by atoms with Gasteiger partial charge in [0.2, 0.25) is 0 Å². The number of amides is 1. The number of aliphatic hydroxyl groups excluding tert-OH is 2. The number of aliphatic hydroxyl groups is 3. The van der Waals surface area contributed by atoms with E-state index in [4.69, 9.17) is 0 Å². The number of likely N-dealkylation sites (N-methyl/N-ethyl adjacent to an activating group) is 1. The quantitative estimate of drug-likeness (QED) is 0.593. The topological polar surface area (TPSA) is 81.0 Å². The molecule has 4 aliphatic rings. The molecule has 5 heteroatoms. The number of hydrogen-bond donors (Lipinski definition) is 3. The monoisotopic (exact) mass is 457 g/mol. The van der Waals surface area contributed by atoms with E-state index in [1.807, 2.05) is 7.05 Å². The zero-order chi connectivity index (χ0) is 24.1. The zero-order valence-corrected chi connectivity index (χ0v) is 20.9. The molecule has 3 aliphatic carbocycles. The van der Waals surface area contributed by atoms with E-state index in [2.05, 4.69) is 32.6 Å². The van der Waals surface area contributed by atoms with E-state index >= 15 is 0 Å². The molecule has 1 aliphatic heterocycles. The van der Waals surface area contributed by atoms with Crippen LogP contribution >= 0.6 is 0 Å². The first-order valence-corrected chi connectivity index (χ1v) is 12.9. The average molecular weight is 458 g/mol. The van der Waals surface area contributed by atoms with E-state index in [-0.39, 0.29) is 17.4 Å².